The van der Waals surface area contributed by atoms with Crippen LogP contribution in [0.2, 0.25) is 0 Å². The second kappa shape index (κ2) is 5.52. The molecule has 0 unspecified atom stereocenters. The first-order chi connectivity index (χ1) is 11.6. The molecular formula is C15H17N7O2. The average molecular weight is 327 g/mol. The standard InChI is InChI=1S/C15H17N7O2/c16-12-9-11(18-19-12)10-4-7-20(8-5-10)14-15(22(23)24)21-6-2-1-3-13(21)17-14/h1-3,6,9-10H,4-5,7-8H2,(H3,16,18,19). The van der Waals surface area contributed by atoms with Gasteiger partial charge in [-0.3, -0.25) is 5.10 Å². The lowest BCUT2D eigenvalue weighted by molar-refractivity contribution is -0.389. The van der Waals surface area contributed by atoms with E-state index in [9.17, 15) is 10.1 Å². The van der Waals surface area contributed by atoms with Gasteiger partial charge >= 0.3 is 5.82 Å². The summed E-state index contributed by atoms with van der Waals surface area (Å²) in [5.41, 5.74) is 7.27. The van der Waals surface area contributed by atoms with Crippen molar-refractivity contribution in [3.05, 3.63) is 46.3 Å². The van der Waals surface area contributed by atoms with Crippen LogP contribution in [0.5, 0.6) is 0 Å². The Balaban J connectivity index is 1.60. The predicted octanol–water partition coefficient (Wildman–Crippen LogP) is 1.93. The molecule has 0 saturated carbocycles. The minimum Gasteiger partial charge on any atom is -0.382 e. The van der Waals surface area contributed by atoms with Crippen molar-refractivity contribution in [2.24, 2.45) is 0 Å². The number of hydrogen-bond donors (Lipinski definition) is 2. The summed E-state index contributed by atoms with van der Waals surface area (Å²) >= 11 is 0. The Labute approximate surface area is 137 Å². The lowest BCUT2D eigenvalue weighted by Gasteiger charge is -2.31. The highest BCUT2D eigenvalue weighted by atomic mass is 16.6. The number of piperidine rings is 1. The van der Waals surface area contributed by atoms with E-state index in [-0.39, 0.29) is 10.7 Å². The summed E-state index contributed by atoms with van der Waals surface area (Å²) in [6, 6.07) is 7.22. The molecule has 0 aromatic carbocycles. The molecule has 0 radical (unpaired) electrons. The summed E-state index contributed by atoms with van der Waals surface area (Å²) in [4.78, 5) is 17.6. The zero-order valence-electron chi connectivity index (χ0n) is 12.9. The minimum absolute atomic E-state index is 0.0230. The molecule has 0 atom stereocenters. The Morgan fingerprint density at radius 3 is 2.79 bits per heavy atom. The van der Waals surface area contributed by atoms with E-state index in [1.165, 1.54) is 4.40 Å². The highest BCUT2D eigenvalue weighted by Crippen LogP contribution is 2.34. The zero-order chi connectivity index (χ0) is 16.7. The first-order valence-corrected chi connectivity index (χ1v) is 7.80. The summed E-state index contributed by atoms with van der Waals surface area (Å²) in [5.74, 6) is 1.29. The molecule has 3 aromatic rings. The van der Waals surface area contributed by atoms with Gasteiger partial charge in [-0.1, -0.05) is 6.07 Å². The van der Waals surface area contributed by atoms with Gasteiger partial charge in [0.15, 0.2) is 0 Å². The number of nitrogens with two attached hydrogens (primary N) is 1. The van der Waals surface area contributed by atoms with E-state index < -0.39 is 0 Å². The van der Waals surface area contributed by atoms with Crippen LogP contribution in [0.15, 0.2) is 30.5 Å². The van der Waals surface area contributed by atoms with Crippen molar-refractivity contribution >= 4 is 23.1 Å². The van der Waals surface area contributed by atoms with Crippen LogP contribution in [-0.2, 0) is 0 Å². The van der Waals surface area contributed by atoms with Gasteiger partial charge in [0.05, 0.1) is 6.20 Å². The van der Waals surface area contributed by atoms with Gasteiger partial charge in [-0.15, -0.1) is 0 Å². The van der Waals surface area contributed by atoms with E-state index in [1.54, 1.807) is 18.3 Å². The number of nitro groups is 1. The number of imidazole rings is 1. The molecule has 0 bridgehead atoms. The van der Waals surface area contributed by atoms with Gasteiger partial charge in [0.1, 0.15) is 5.82 Å². The topological polar surface area (TPSA) is 118 Å². The van der Waals surface area contributed by atoms with Gasteiger partial charge in [0.2, 0.25) is 11.5 Å². The Morgan fingerprint density at radius 2 is 2.12 bits per heavy atom. The summed E-state index contributed by atoms with van der Waals surface area (Å²) in [6.07, 6.45) is 3.41. The number of nitrogens with one attached hydrogen (secondary N) is 1. The molecule has 1 aliphatic rings. The average Bonchev–Trinajstić information content (AvgIpc) is 3.18. The number of nitrogen functional groups attached to an aromatic ring is 1. The van der Waals surface area contributed by atoms with Gasteiger partial charge in [-0.2, -0.15) is 14.5 Å². The Kier molecular flexibility index (Phi) is 3.33. The van der Waals surface area contributed by atoms with Crippen LogP contribution in [0.4, 0.5) is 17.5 Å². The maximum atomic E-state index is 11.5. The van der Waals surface area contributed by atoms with Gasteiger partial charge in [-0.05, 0) is 23.8 Å². The fourth-order valence-corrected chi connectivity index (χ4v) is 3.32. The second-order valence-electron chi connectivity index (χ2n) is 5.95. The van der Waals surface area contributed by atoms with Crippen molar-refractivity contribution in [2.75, 3.05) is 23.7 Å². The van der Waals surface area contributed by atoms with Crippen molar-refractivity contribution in [3.8, 4) is 0 Å². The largest absolute Gasteiger partial charge is 0.382 e. The molecule has 1 aliphatic heterocycles. The number of nitrogens with zero attached hydrogens (tertiary/aromatic N) is 5. The number of H-pyrrole nitrogens is 1. The number of fused-ring (bicyclic) bond motifs is 1. The normalized spacial score (nSPS) is 15.9. The van der Waals surface area contributed by atoms with Crippen molar-refractivity contribution in [1.82, 2.24) is 19.6 Å². The number of aromatic nitrogens is 4. The summed E-state index contributed by atoms with van der Waals surface area (Å²) in [5, 5.41) is 18.4. The van der Waals surface area contributed by atoms with Crippen molar-refractivity contribution in [2.45, 2.75) is 18.8 Å². The molecule has 0 spiro atoms. The molecule has 24 heavy (non-hydrogen) atoms. The molecule has 9 heteroatoms. The Bertz CT molecular complexity index is 892. The molecule has 9 nitrogen and oxygen atoms in total. The number of aromatic amines is 1. The second-order valence-corrected chi connectivity index (χ2v) is 5.95. The van der Waals surface area contributed by atoms with Crippen molar-refractivity contribution in [3.63, 3.8) is 0 Å². The summed E-state index contributed by atoms with van der Waals surface area (Å²) < 4.78 is 1.52. The van der Waals surface area contributed by atoms with E-state index in [0.717, 1.165) is 18.5 Å². The third-order valence-electron chi connectivity index (χ3n) is 4.51. The van der Waals surface area contributed by atoms with Gasteiger partial charge in [0, 0.05) is 36.8 Å². The number of rotatable bonds is 3. The van der Waals surface area contributed by atoms with Crippen molar-refractivity contribution in [1.29, 1.82) is 0 Å². The van der Waals surface area contributed by atoms with Crippen molar-refractivity contribution < 1.29 is 4.92 Å². The highest BCUT2D eigenvalue weighted by Gasteiger charge is 2.30. The maximum Gasteiger partial charge on any atom is 0.372 e. The predicted molar refractivity (Wildman–Crippen MR) is 89.0 cm³/mol. The highest BCUT2D eigenvalue weighted by molar-refractivity contribution is 5.63. The monoisotopic (exact) mass is 327 g/mol. The van der Waals surface area contributed by atoms with Crippen LogP contribution < -0.4 is 10.6 Å². The molecule has 124 valence electrons. The quantitative estimate of drug-likeness (QED) is 0.560. The lowest BCUT2D eigenvalue weighted by Crippen LogP contribution is -2.33. The van der Waals surface area contributed by atoms with Gasteiger partial charge < -0.3 is 20.7 Å². The molecule has 0 aliphatic carbocycles. The molecular weight excluding hydrogens is 310 g/mol. The Morgan fingerprint density at radius 1 is 1.33 bits per heavy atom. The molecule has 3 aromatic heterocycles. The van der Waals surface area contributed by atoms with E-state index in [4.69, 9.17) is 5.73 Å². The SMILES string of the molecule is Nc1cc(C2CCN(c3nc4ccccn4c3[N+](=O)[O-])CC2)[nH]n1. The van der Waals surface area contributed by atoms with E-state index in [0.29, 0.717) is 36.3 Å². The first-order valence-electron chi connectivity index (χ1n) is 7.80. The van der Waals surface area contributed by atoms with E-state index in [2.05, 4.69) is 15.2 Å². The molecule has 4 rings (SSSR count). The summed E-state index contributed by atoms with van der Waals surface area (Å²) in [7, 11) is 0. The molecule has 3 N–H and O–H groups in total. The van der Waals surface area contributed by atoms with Gasteiger partial charge in [0.25, 0.3) is 0 Å². The minimum atomic E-state index is -0.364. The lowest BCUT2D eigenvalue weighted by atomic mass is 9.93. The Hall–Kier alpha value is -3.10. The summed E-state index contributed by atoms with van der Waals surface area (Å²) in [6.45, 7) is 1.41. The third kappa shape index (κ3) is 2.34. The van der Waals surface area contributed by atoms with Crippen LogP contribution >= 0.6 is 0 Å². The molecule has 0 amide bonds. The number of hydrogen-bond acceptors (Lipinski definition) is 6. The number of pyridine rings is 1. The van der Waals surface area contributed by atoms with Crippen LogP contribution in [0.1, 0.15) is 24.5 Å². The molecule has 1 fully saturated rings. The fourth-order valence-electron chi connectivity index (χ4n) is 3.32. The third-order valence-corrected chi connectivity index (χ3v) is 4.51. The smallest absolute Gasteiger partial charge is 0.372 e. The first kappa shape index (κ1) is 14.5. The fraction of sp³-hybridized carbons (Fsp3) is 0.333. The van der Waals surface area contributed by atoms with Gasteiger partial charge in [-0.25, -0.2) is 0 Å². The van der Waals surface area contributed by atoms with E-state index in [1.807, 2.05) is 17.0 Å². The maximum absolute atomic E-state index is 11.5. The van der Waals surface area contributed by atoms with Crippen LogP contribution in [0.25, 0.3) is 5.65 Å². The van der Waals surface area contributed by atoms with Crippen LogP contribution in [-0.4, -0.2) is 37.6 Å². The zero-order valence-corrected chi connectivity index (χ0v) is 12.9. The number of anilines is 2. The van der Waals surface area contributed by atoms with E-state index >= 15 is 0 Å². The molecule has 1 saturated heterocycles. The van der Waals surface area contributed by atoms with Crippen LogP contribution in [0.3, 0.4) is 0 Å². The van der Waals surface area contributed by atoms with Crippen LogP contribution in [0, 0.1) is 10.1 Å². The molecule has 4 heterocycles.